The second-order valence-electron chi connectivity index (χ2n) is 4.18. The van der Waals surface area contributed by atoms with E-state index in [4.69, 9.17) is 9.47 Å². The van der Waals surface area contributed by atoms with Crippen LogP contribution in [0.3, 0.4) is 0 Å². The van der Waals surface area contributed by atoms with E-state index in [9.17, 15) is 9.90 Å². The van der Waals surface area contributed by atoms with Gasteiger partial charge in [0.25, 0.3) is 0 Å². The Labute approximate surface area is 111 Å². The molecule has 0 aliphatic carbocycles. The van der Waals surface area contributed by atoms with E-state index in [0.717, 1.165) is 0 Å². The summed E-state index contributed by atoms with van der Waals surface area (Å²) < 4.78 is 10.1. The number of aliphatic hydroxyl groups excluding tert-OH is 1. The molecule has 0 amide bonds. The van der Waals surface area contributed by atoms with Gasteiger partial charge in [-0.15, -0.1) is 0 Å². The van der Waals surface area contributed by atoms with Gasteiger partial charge in [0, 0.05) is 0 Å². The molecule has 0 aromatic heterocycles. The molecular weight excluding hydrogens is 246 g/mol. The molecule has 0 radical (unpaired) electrons. The lowest BCUT2D eigenvalue weighted by Gasteiger charge is -2.05. The molecule has 0 saturated carbocycles. The van der Waals surface area contributed by atoms with Gasteiger partial charge in [-0.2, -0.15) is 0 Å². The van der Waals surface area contributed by atoms with Crippen LogP contribution in [0.15, 0.2) is 40.6 Å². The number of esters is 1. The van der Waals surface area contributed by atoms with E-state index in [2.05, 4.69) is 4.99 Å². The van der Waals surface area contributed by atoms with Crippen LogP contribution in [0, 0.1) is 0 Å². The minimum absolute atomic E-state index is 0.0823. The molecule has 1 aromatic rings. The van der Waals surface area contributed by atoms with Crippen molar-refractivity contribution in [2.45, 2.75) is 20.0 Å². The van der Waals surface area contributed by atoms with Gasteiger partial charge in [0.1, 0.15) is 22.8 Å². The number of ether oxygens (including phenoxy) is 2. The number of aliphatic hydroxyl groups is 1. The molecule has 19 heavy (non-hydrogen) atoms. The van der Waals surface area contributed by atoms with Gasteiger partial charge in [-0.25, -0.2) is 9.79 Å². The van der Waals surface area contributed by atoms with Crippen LogP contribution >= 0.6 is 0 Å². The van der Waals surface area contributed by atoms with Crippen LogP contribution in [-0.2, 0) is 9.53 Å². The van der Waals surface area contributed by atoms with Crippen molar-refractivity contribution in [2.24, 2.45) is 4.99 Å². The van der Waals surface area contributed by atoms with E-state index >= 15 is 0 Å². The maximum Gasteiger partial charge on any atom is 0.344 e. The van der Waals surface area contributed by atoms with Crippen LogP contribution in [0.1, 0.15) is 13.8 Å². The van der Waals surface area contributed by atoms with Crippen molar-refractivity contribution in [3.8, 4) is 5.75 Å². The normalized spacial score (nSPS) is 19.6. The number of hydrogen-bond acceptors (Lipinski definition) is 5. The quantitative estimate of drug-likeness (QED) is 0.670. The summed E-state index contributed by atoms with van der Waals surface area (Å²) in [6.07, 6.45) is -0.620. The van der Waals surface area contributed by atoms with E-state index in [-0.39, 0.29) is 11.3 Å². The summed E-state index contributed by atoms with van der Waals surface area (Å²) in [5.41, 5.74) is 1.12. The van der Waals surface area contributed by atoms with Crippen molar-refractivity contribution >= 4 is 17.4 Å². The maximum atomic E-state index is 11.6. The van der Waals surface area contributed by atoms with E-state index in [0.29, 0.717) is 17.1 Å². The lowest BCUT2D eigenvalue weighted by Crippen LogP contribution is -2.08. The Morgan fingerprint density at radius 2 is 2.11 bits per heavy atom. The van der Waals surface area contributed by atoms with E-state index in [1.54, 1.807) is 33.1 Å². The summed E-state index contributed by atoms with van der Waals surface area (Å²) >= 11 is 0. The number of carbonyl (C=O) groups is 1. The number of para-hydroxylation sites is 2. The van der Waals surface area contributed by atoms with Crippen LogP contribution in [-0.4, -0.2) is 30.0 Å². The van der Waals surface area contributed by atoms with Gasteiger partial charge in [-0.1, -0.05) is 12.1 Å². The molecule has 0 saturated heterocycles. The zero-order valence-corrected chi connectivity index (χ0v) is 11.0. The fourth-order valence-electron chi connectivity index (χ4n) is 1.87. The SMILES string of the molecule is COc1ccccc1N=C(C)C1=C(O)C(C)OC1=O. The predicted molar refractivity (Wildman–Crippen MR) is 71.0 cm³/mol. The first-order valence-corrected chi connectivity index (χ1v) is 5.87. The second kappa shape index (κ2) is 5.14. The molecule has 2 rings (SSSR count). The van der Waals surface area contributed by atoms with E-state index < -0.39 is 12.1 Å². The van der Waals surface area contributed by atoms with Crippen LogP contribution in [0.2, 0.25) is 0 Å². The number of hydrogen-bond donors (Lipinski definition) is 1. The third kappa shape index (κ3) is 2.45. The molecule has 1 aliphatic heterocycles. The fraction of sp³-hybridized carbons (Fsp3) is 0.286. The smallest absolute Gasteiger partial charge is 0.344 e. The lowest BCUT2D eigenvalue weighted by atomic mass is 10.1. The number of rotatable bonds is 3. The Morgan fingerprint density at radius 1 is 1.42 bits per heavy atom. The highest BCUT2D eigenvalue weighted by atomic mass is 16.6. The number of aliphatic imine (C=N–C) groups is 1. The second-order valence-corrected chi connectivity index (χ2v) is 4.18. The number of cyclic esters (lactones) is 1. The van der Waals surface area contributed by atoms with Crippen LogP contribution < -0.4 is 4.74 Å². The third-order valence-corrected chi connectivity index (χ3v) is 2.86. The first-order chi connectivity index (χ1) is 9.04. The molecule has 1 aliphatic rings. The summed E-state index contributed by atoms with van der Waals surface area (Å²) in [7, 11) is 1.55. The summed E-state index contributed by atoms with van der Waals surface area (Å²) in [5, 5.41) is 9.82. The van der Waals surface area contributed by atoms with E-state index in [1.807, 2.05) is 12.1 Å². The highest BCUT2D eigenvalue weighted by molar-refractivity contribution is 6.21. The molecule has 1 N–H and O–H groups in total. The molecule has 0 bridgehead atoms. The van der Waals surface area contributed by atoms with Gasteiger partial charge in [0.15, 0.2) is 6.10 Å². The third-order valence-electron chi connectivity index (χ3n) is 2.86. The minimum atomic E-state index is -0.620. The molecule has 5 heteroatoms. The number of carbonyl (C=O) groups excluding carboxylic acids is 1. The van der Waals surface area contributed by atoms with Crippen molar-refractivity contribution < 1.29 is 19.4 Å². The maximum absolute atomic E-state index is 11.6. The van der Waals surface area contributed by atoms with Gasteiger partial charge >= 0.3 is 5.97 Å². The van der Waals surface area contributed by atoms with Gasteiger partial charge in [-0.3, -0.25) is 0 Å². The minimum Gasteiger partial charge on any atom is -0.507 e. The molecule has 1 heterocycles. The Kier molecular flexibility index (Phi) is 3.55. The highest BCUT2D eigenvalue weighted by Gasteiger charge is 2.32. The Morgan fingerprint density at radius 3 is 2.68 bits per heavy atom. The van der Waals surface area contributed by atoms with Gasteiger partial charge in [-0.05, 0) is 26.0 Å². The standard InChI is InChI=1S/C14H15NO4/c1-8(12-13(16)9(2)19-14(12)17)15-10-6-4-5-7-11(10)18-3/h4-7,9,16H,1-3H3. The van der Waals surface area contributed by atoms with Crippen molar-refractivity contribution in [1.29, 1.82) is 0 Å². The number of nitrogens with zero attached hydrogens (tertiary/aromatic N) is 1. The molecule has 1 atom stereocenters. The summed E-state index contributed by atoms with van der Waals surface area (Å²) in [6.45, 7) is 3.26. The van der Waals surface area contributed by atoms with Crippen LogP contribution in [0.25, 0.3) is 0 Å². The average Bonchev–Trinajstić information content (AvgIpc) is 2.64. The molecule has 1 aromatic carbocycles. The summed E-state index contributed by atoms with van der Waals surface area (Å²) in [5.74, 6) is -0.0383. The lowest BCUT2D eigenvalue weighted by molar-refractivity contribution is -0.139. The molecule has 100 valence electrons. The summed E-state index contributed by atoms with van der Waals surface area (Å²) in [4.78, 5) is 15.9. The monoisotopic (exact) mass is 261 g/mol. The van der Waals surface area contributed by atoms with Gasteiger partial charge in [0.05, 0.1) is 12.8 Å². The van der Waals surface area contributed by atoms with Gasteiger partial charge in [0.2, 0.25) is 0 Å². The largest absolute Gasteiger partial charge is 0.507 e. The van der Waals surface area contributed by atoms with Crippen molar-refractivity contribution in [3.63, 3.8) is 0 Å². The van der Waals surface area contributed by atoms with Crippen LogP contribution in [0.5, 0.6) is 5.75 Å². The average molecular weight is 261 g/mol. The molecule has 5 nitrogen and oxygen atoms in total. The molecule has 0 fully saturated rings. The Balaban J connectivity index is 2.42. The number of methoxy groups -OCH3 is 1. The fourth-order valence-corrected chi connectivity index (χ4v) is 1.87. The highest BCUT2D eigenvalue weighted by Crippen LogP contribution is 2.29. The first-order valence-electron chi connectivity index (χ1n) is 5.87. The Bertz CT molecular complexity index is 575. The van der Waals surface area contributed by atoms with E-state index in [1.165, 1.54) is 0 Å². The zero-order valence-electron chi connectivity index (χ0n) is 11.0. The number of benzene rings is 1. The Hall–Kier alpha value is -2.30. The van der Waals surface area contributed by atoms with Gasteiger partial charge < -0.3 is 14.6 Å². The van der Waals surface area contributed by atoms with Crippen molar-refractivity contribution in [2.75, 3.05) is 7.11 Å². The van der Waals surface area contributed by atoms with Crippen molar-refractivity contribution in [3.05, 3.63) is 35.6 Å². The first kappa shape index (κ1) is 13.1. The molecule has 1 unspecified atom stereocenters. The topological polar surface area (TPSA) is 68.1 Å². The van der Waals surface area contributed by atoms with Crippen molar-refractivity contribution in [1.82, 2.24) is 0 Å². The van der Waals surface area contributed by atoms with Crippen LogP contribution in [0.4, 0.5) is 5.69 Å². The summed E-state index contributed by atoms with van der Waals surface area (Å²) in [6, 6.07) is 7.19. The molecular formula is C14H15NO4. The molecule has 0 spiro atoms. The zero-order chi connectivity index (χ0) is 14.0. The predicted octanol–water partition coefficient (Wildman–Crippen LogP) is 2.55.